The summed E-state index contributed by atoms with van der Waals surface area (Å²) in [5.41, 5.74) is -0.127. The number of nitro groups is 1. The second-order valence-corrected chi connectivity index (χ2v) is 5.92. The van der Waals surface area contributed by atoms with Crippen LogP contribution in [0, 0.1) is 16.0 Å². The molecule has 0 aliphatic rings. The maximum Gasteiger partial charge on any atom is 0.270 e. The van der Waals surface area contributed by atoms with Crippen molar-refractivity contribution in [3.63, 3.8) is 0 Å². The van der Waals surface area contributed by atoms with Crippen LogP contribution in [0.2, 0.25) is 5.02 Å². The smallest absolute Gasteiger partial charge is 0.270 e. The summed E-state index contributed by atoms with van der Waals surface area (Å²) < 4.78 is 0. The van der Waals surface area contributed by atoms with E-state index in [2.05, 4.69) is 16.0 Å². The number of rotatable bonds is 8. The highest BCUT2D eigenvalue weighted by Crippen LogP contribution is 2.22. The van der Waals surface area contributed by atoms with Gasteiger partial charge in [-0.3, -0.25) is 19.7 Å². The highest BCUT2D eigenvalue weighted by Gasteiger charge is 2.25. The van der Waals surface area contributed by atoms with Crippen molar-refractivity contribution in [2.24, 2.45) is 5.92 Å². The predicted octanol–water partition coefficient (Wildman–Crippen LogP) is 1.76. The highest BCUT2D eigenvalue weighted by molar-refractivity contribution is 6.34. The number of halogens is 2. The lowest BCUT2D eigenvalue weighted by atomic mass is 10.0. The van der Waals surface area contributed by atoms with E-state index in [9.17, 15) is 19.7 Å². The molecule has 0 spiro atoms. The van der Waals surface area contributed by atoms with E-state index < -0.39 is 16.9 Å². The van der Waals surface area contributed by atoms with Crippen LogP contribution in [-0.4, -0.2) is 42.9 Å². The lowest BCUT2D eigenvalue weighted by Crippen LogP contribution is -2.50. The zero-order valence-electron chi connectivity index (χ0n) is 14.2. The van der Waals surface area contributed by atoms with Crippen molar-refractivity contribution < 1.29 is 14.5 Å². The molecule has 0 bridgehead atoms. The van der Waals surface area contributed by atoms with Gasteiger partial charge >= 0.3 is 0 Å². The van der Waals surface area contributed by atoms with E-state index in [-0.39, 0.29) is 40.5 Å². The van der Waals surface area contributed by atoms with E-state index >= 15 is 0 Å². The SMILES string of the molecule is CNCCNC(=O)C(NC(=O)c1ccc([N+](=O)[O-])cc1Cl)C(C)C.Cl. The molecule has 10 heteroatoms. The molecular formula is C15H22Cl2N4O4. The van der Waals surface area contributed by atoms with Gasteiger partial charge in [-0.05, 0) is 19.0 Å². The van der Waals surface area contributed by atoms with Gasteiger partial charge in [-0.15, -0.1) is 12.4 Å². The first kappa shape index (κ1) is 23.1. The van der Waals surface area contributed by atoms with E-state index in [1.807, 2.05) is 0 Å². The van der Waals surface area contributed by atoms with E-state index in [1.54, 1.807) is 20.9 Å². The van der Waals surface area contributed by atoms with E-state index in [0.717, 1.165) is 6.07 Å². The summed E-state index contributed by atoms with van der Waals surface area (Å²) in [7, 11) is 1.77. The Morgan fingerprint density at radius 3 is 2.40 bits per heavy atom. The third kappa shape index (κ3) is 6.85. The Morgan fingerprint density at radius 2 is 1.92 bits per heavy atom. The summed E-state index contributed by atoms with van der Waals surface area (Å²) in [6, 6.07) is 2.83. The van der Waals surface area contributed by atoms with Gasteiger partial charge in [0.25, 0.3) is 11.6 Å². The van der Waals surface area contributed by atoms with E-state index in [1.165, 1.54) is 12.1 Å². The van der Waals surface area contributed by atoms with Gasteiger partial charge in [0.05, 0.1) is 15.5 Å². The molecule has 1 unspecified atom stereocenters. The van der Waals surface area contributed by atoms with Gasteiger partial charge < -0.3 is 16.0 Å². The van der Waals surface area contributed by atoms with Gasteiger partial charge in [0.2, 0.25) is 5.91 Å². The summed E-state index contributed by atoms with van der Waals surface area (Å²) >= 11 is 5.94. The number of amides is 2. The molecular weight excluding hydrogens is 371 g/mol. The molecule has 0 aliphatic heterocycles. The van der Waals surface area contributed by atoms with Crippen molar-refractivity contribution in [2.45, 2.75) is 19.9 Å². The van der Waals surface area contributed by atoms with Gasteiger partial charge in [-0.25, -0.2) is 0 Å². The third-order valence-corrected chi connectivity index (χ3v) is 3.63. The van der Waals surface area contributed by atoms with Gasteiger partial charge in [0.1, 0.15) is 6.04 Å². The number of carbonyl (C=O) groups is 2. The number of carbonyl (C=O) groups excluding carboxylic acids is 2. The average molecular weight is 393 g/mol. The first-order valence-electron chi connectivity index (χ1n) is 7.45. The maximum atomic E-state index is 12.3. The Kier molecular flexibility index (Phi) is 10.0. The molecule has 0 aliphatic carbocycles. The predicted molar refractivity (Wildman–Crippen MR) is 98.4 cm³/mol. The molecule has 1 atom stereocenters. The van der Waals surface area contributed by atoms with E-state index in [0.29, 0.717) is 13.1 Å². The maximum absolute atomic E-state index is 12.3. The fourth-order valence-corrected chi connectivity index (χ4v) is 2.24. The van der Waals surface area contributed by atoms with Crippen LogP contribution >= 0.6 is 24.0 Å². The normalized spacial score (nSPS) is 11.4. The Balaban J connectivity index is 0.00000576. The van der Waals surface area contributed by atoms with Crippen LogP contribution in [0.25, 0.3) is 0 Å². The molecule has 0 saturated carbocycles. The largest absolute Gasteiger partial charge is 0.353 e. The molecule has 1 aromatic carbocycles. The minimum absolute atomic E-state index is 0. The Bertz CT molecular complexity index is 626. The standard InChI is InChI=1S/C15H21ClN4O4.ClH/c1-9(2)13(15(22)18-7-6-17-3)19-14(21)11-5-4-10(20(23)24)8-12(11)16;/h4-5,8-9,13,17H,6-7H2,1-3H3,(H,18,22)(H,19,21);1H. The van der Waals surface area contributed by atoms with Crippen molar-refractivity contribution in [2.75, 3.05) is 20.1 Å². The van der Waals surface area contributed by atoms with Crippen molar-refractivity contribution in [1.29, 1.82) is 0 Å². The van der Waals surface area contributed by atoms with Crippen molar-refractivity contribution in [3.8, 4) is 0 Å². The van der Waals surface area contributed by atoms with Gasteiger partial charge in [-0.1, -0.05) is 25.4 Å². The van der Waals surface area contributed by atoms with Crippen LogP contribution < -0.4 is 16.0 Å². The average Bonchev–Trinajstić information content (AvgIpc) is 2.51. The van der Waals surface area contributed by atoms with Gasteiger partial charge in [0, 0.05) is 25.2 Å². The van der Waals surface area contributed by atoms with E-state index in [4.69, 9.17) is 11.6 Å². The number of nitrogens with zero attached hydrogens (tertiary/aromatic N) is 1. The first-order valence-corrected chi connectivity index (χ1v) is 7.82. The van der Waals surface area contributed by atoms with Crippen molar-refractivity contribution in [1.82, 2.24) is 16.0 Å². The quantitative estimate of drug-likeness (QED) is 0.354. The van der Waals surface area contributed by atoms with Crippen LogP contribution in [0.3, 0.4) is 0 Å². The molecule has 140 valence electrons. The van der Waals surface area contributed by atoms with Gasteiger partial charge in [0.15, 0.2) is 0 Å². The number of likely N-dealkylation sites (N-methyl/N-ethyl adjacent to an activating group) is 1. The van der Waals surface area contributed by atoms with Crippen LogP contribution in [0.4, 0.5) is 5.69 Å². The van der Waals surface area contributed by atoms with Crippen LogP contribution in [0.15, 0.2) is 18.2 Å². The monoisotopic (exact) mass is 392 g/mol. The second kappa shape index (κ2) is 10.9. The molecule has 8 nitrogen and oxygen atoms in total. The fourth-order valence-electron chi connectivity index (χ4n) is 1.98. The molecule has 0 radical (unpaired) electrons. The minimum atomic E-state index is -0.736. The molecule has 0 heterocycles. The molecule has 1 aromatic rings. The Hall–Kier alpha value is -1.90. The van der Waals surface area contributed by atoms with Crippen LogP contribution in [-0.2, 0) is 4.79 Å². The Morgan fingerprint density at radius 1 is 1.28 bits per heavy atom. The molecule has 0 fully saturated rings. The van der Waals surface area contributed by atoms with Gasteiger partial charge in [-0.2, -0.15) is 0 Å². The zero-order chi connectivity index (χ0) is 18.3. The van der Waals surface area contributed by atoms with Crippen molar-refractivity contribution >= 4 is 41.5 Å². The third-order valence-electron chi connectivity index (χ3n) is 3.32. The summed E-state index contributed by atoms with van der Waals surface area (Å²) in [5, 5.41) is 18.9. The lowest BCUT2D eigenvalue weighted by Gasteiger charge is -2.22. The zero-order valence-corrected chi connectivity index (χ0v) is 15.7. The summed E-state index contributed by atoms with van der Waals surface area (Å²) in [6.45, 7) is 4.66. The van der Waals surface area contributed by atoms with Crippen molar-refractivity contribution in [3.05, 3.63) is 38.9 Å². The number of benzene rings is 1. The fraction of sp³-hybridized carbons (Fsp3) is 0.467. The number of non-ortho nitro benzene ring substituents is 1. The Labute approximate surface area is 157 Å². The molecule has 0 saturated heterocycles. The molecule has 2 amide bonds. The van der Waals surface area contributed by atoms with Crippen LogP contribution in [0.5, 0.6) is 0 Å². The number of nitrogens with one attached hydrogen (secondary N) is 3. The summed E-state index contributed by atoms with van der Waals surface area (Å²) in [5.74, 6) is -0.996. The molecule has 25 heavy (non-hydrogen) atoms. The highest BCUT2D eigenvalue weighted by atomic mass is 35.5. The summed E-state index contributed by atoms with van der Waals surface area (Å²) in [6.07, 6.45) is 0. The summed E-state index contributed by atoms with van der Waals surface area (Å²) in [4.78, 5) is 34.6. The lowest BCUT2D eigenvalue weighted by molar-refractivity contribution is -0.384. The number of hydrogen-bond donors (Lipinski definition) is 3. The molecule has 3 N–H and O–H groups in total. The molecule has 0 aromatic heterocycles. The topological polar surface area (TPSA) is 113 Å². The number of nitro benzene ring substituents is 1. The minimum Gasteiger partial charge on any atom is -0.353 e. The first-order chi connectivity index (χ1) is 11.3. The molecule has 1 rings (SSSR count). The second-order valence-electron chi connectivity index (χ2n) is 5.51. The van der Waals surface area contributed by atoms with Crippen LogP contribution in [0.1, 0.15) is 24.2 Å². The number of hydrogen-bond acceptors (Lipinski definition) is 5.